The van der Waals surface area contributed by atoms with E-state index < -0.39 is 7.37 Å². The minimum atomic E-state index is -3.27. The summed E-state index contributed by atoms with van der Waals surface area (Å²) in [5, 5.41) is 11.3. The molecule has 0 amide bonds. The van der Waals surface area contributed by atoms with Crippen molar-refractivity contribution in [1.29, 1.82) is 0 Å². The summed E-state index contributed by atoms with van der Waals surface area (Å²) in [5.74, 6) is 0.422. The van der Waals surface area contributed by atoms with Crippen LogP contribution in [0.4, 0.5) is 0 Å². The Morgan fingerprint density at radius 1 is 1.39 bits per heavy atom. The average Bonchev–Trinajstić information content (AvgIpc) is 2.96. The zero-order valence-electron chi connectivity index (χ0n) is 11.3. The number of benzene rings is 1. The van der Waals surface area contributed by atoms with E-state index in [0.717, 1.165) is 18.4 Å². The second-order valence-electron chi connectivity index (χ2n) is 4.71. The van der Waals surface area contributed by atoms with Crippen LogP contribution in [0, 0.1) is 5.92 Å². The van der Waals surface area contributed by atoms with Crippen molar-refractivity contribution in [3.05, 3.63) is 29.8 Å². The van der Waals surface area contributed by atoms with Crippen molar-refractivity contribution in [2.75, 3.05) is 12.8 Å². The van der Waals surface area contributed by atoms with E-state index in [4.69, 9.17) is 0 Å². The van der Waals surface area contributed by atoms with Crippen LogP contribution in [-0.4, -0.2) is 12.8 Å². The van der Waals surface area contributed by atoms with Gasteiger partial charge in [-0.15, -0.1) is 5.75 Å². The maximum absolute atomic E-state index is 11.4. The second-order valence-corrected chi connectivity index (χ2v) is 7.11. The first kappa shape index (κ1) is 20.5. The van der Waals surface area contributed by atoms with Crippen LogP contribution in [-0.2, 0) is 4.57 Å². The second kappa shape index (κ2) is 8.81. The SMILES string of the molecule is CP(=O)([O-])C[C@H](c1cccc([O-])c1)C1CC1.[K+].[K+]. The van der Waals surface area contributed by atoms with Crippen molar-refractivity contribution in [3.63, 3.8) is 0 Å². The topological polar surface area (TPSA) is 63.2 Å². The molecule has 88 valence electrons. The quantitative estimate of drug-likeness (QED) is 0.416. The van der Waals surface area contributed by atoms with Crippen molar-refractivity contribution in [1.82, 2.24) is 0 Å². The van der Waals surface area contributed by atoms with Crippen LogP contribution in [0.5, 0.6) is 5.75 Å². The predicted molar refractivity (Wildman–Crippen MR) is 59.8 cm³/mol. The molecule has 1 fully saturated rings. The van der Waals surface area contributed by atoms with Gasteiger partial charge in [-0.25, -0.2) is 0 Å². The van der Waals surface area contributed by atoms with Gasteiger partial charge in [0.25, 0.3) is 0 Å². The van der Waals surface area contributed by atoms with Crippen LogP contribution in [0.1, 0.15) is 24.3 Å². The van der Waals surface area contributed by atoms with Gasteiger partial charge in [-0.2, -0.15) is 0 Å². The monoisotopic (exact) mass is 316 g/mol. The van der Waals surface area contributed by atoms with E-state index in [2.05, 4.69) is 0 Å². The van der Waals surface area contributed by atoms with Gasteiger partial charge in [-0.1, -0.05) is 24.3 Å². The molecule has 0 N–H and O–H groups in total. The molecule has 0 saturated heterocycles. The summed E-state index contributed by atoms with van der Waals surface area (Å²) in [6, 6.07) is 6.63. The molecule has 1 unspecified atom stereocenters. The minimum Gasteiger partial charge on any atom is -0.872 e. The van der Waals surface area contributed by atoms with Crippen molar-refractivity contribution in [2.45, 2.75) is 18.8 Å². The number of hydrogen-bond donors (Lipinski definition) is 0. The van der Waals surface area contributed by atoms with E-state index in [9.17, 15) is 14.6 Å². The van der Waals surface area contributed by atoms with Crippen LogP contribution in [0.25, 0.3) is 0 Å². The van der Waals surface area contributed by atoms with E-state index in [1.165, 1.54) is 12.7 Å². The minimum absolute atomic E-state index is 0. The maximum Gasteiger partial charge on any atom is 1.00 e. The van der Waals surface area contributed by atoms with Crippen LogP contribution >= 0.6 is 7.37 Å². The van der Waals surface area contributed by atoms with Gasteiger partial charge in [0, 0.05) is 7.37 Å². The summed E-state index contributed by atoms with van der Waals surface area (Å²) in [4.78, 5) is 11.4. The van der Waals surface area contributed by atoms with Crippen molar-refractivity contribution < 1.29 is 117 Å². The summed E-state index contributed by atoms with van der Waals surface area (Å²) < 4.78 is 11.4. The van der Waals surface area contributed by atoms with Gasteiger partial charge in [-0.3, -0.25) is 0 Å². The molecule has 6 heteroatoms. The molecular formula is C12H15K2O3P. The fraction of sp³-hybridized carbons (Fsp3) is 0.500. The molecule has 1 aromatic rings. The van der Waals surface area contributed by atoms with Crippen LogP contribution in [0.2, 0.25) is 0 Å². The molecule has 0 spiro atoms. The first-order valence-electron chi connectivity index (χ1n) is 5.50. The fourth-order valence-corrected chi connectivity index (χ4v) is 3.35. The Kier molecular flexibility index (Phi) is 10.0. The Labute approximate surface area is 193 Å². The molecule has 2 atom stereocenters. The van der Waals surface area contributed by atoms with Crippen molar-refractivity contribution in [2.24, 2.45) is 5.92 Å². The zero-order chi connectivity index (χ0) is 11.8. The third kappa shape index (κ3) is 6.96. The molecule has 1 saturated carbocycles. The molecule has 1 aromatic carbocycles. The Morgan fingerprint density at radius 3 is 2.44 bits per heavy atom. The molecule has 0 radical (unpaired) electrons. The maximum atomic E-state index is 11.4. The predicted octanol–water partition coefficient (Wildman–Crippen LogP) is -4.47. The Balaban J connectivity index is 0.00000144. The van der Waals surface area contributed by atoms with E-state index in [1.807, 2.05) is 6.07 Å². The van der Waals surface area contributed by atoms with Crippen LogP contribution in [0.3, 0.4) is 0 Å². The summed E-state index contributed by atoms with van der Waals surface area (Å²) in [6.07, 6.45) is 2.34. The summed E-state index contributed by atoms with van der Waals surface area (Å²) >= 11 is 0. The number of rotatable bonds is 4. The third-order valence-corrected chi connectivity index (χ3v) is 4.06. The Hall–Kier alpha value is 2.48. The largest absolute Gasteiger partial charge is 1.00 e. The fourth-order valence-electron chi connectivity index (χ4n) is 2.13. The molecule has 0 aliphatic heterocycles. The van der Waals surface area contributed by atoms with Gasteiger partial charge < -0.3 is 14.6 Å². The molecular weight excluding hydrogens is 301 g/mol. The molecule has 1 aliphatic carbocycles. The average molecular weight is 316 g/mol. The first-order valence-corrected chi connectivity index (χ1v) is 7.76. The summed E-state index contributed by atoms with van der Waals surface area (Å²) in [5.41, 5.74) is 0.882. The van der Waals surface area contributed by atoms with Gasteiger partial charge in [0.05, 0.1) is 0 Å². The Bertz CT molecular complexity index is 429. The van der Waals surface area contributed by atoms with E-state index >= 15 is 0 Å². The summed E-state index contributed by atoms with van der Waals surface area (Å²) in [7, 11) is -3.27. The van der Waals surface area contributed by atoms with Crippen molar-refractivity contribution in [3.8, 4) is 5.75 Å². The normalized spacial score (nSPS) is 19.0. The van der Waals surface area contributed by atoms with Crippen molar-refractivity contribution >= 4 is 7.37 Å². The Morgan fingerprint density at radius 2 is 2.00 bits per heavy atom. The molecule has 0 aromatic heterocycles. The van der Waals surface area contributed by atoms with Gasteiger partial charge in [-0.05, 0) is 43.1 Å². The third-order valence-electron chi connectivity index (χ3n) is 3.01. The van der Waals surface area contributed by atoms with E-state index in [0.29, 0.717) is 5.92 Å². The molecule has 0 bridgehead atoms. The smallest absolute Gasteiger partial charge is 0.872 e. The number of hydrogen-bond acceptors (Lipinski definition) is 3. The van der Waals surface area contributed by atoms with Gasteiger partial charge in [0.2, 0.25) is 0 Å². The van der Waals surface area contributed by atoms with Gasteiger partial charge in [0.1, 0.15) is 0 Å². The van der Waals surface area contributed by atoms with E-state index in [1.54, 1.807) is 12.1 Å². The zero-order valence-corrected chi connectivity index (χ0v) is 18.4. The molecule has 18 heavy (non-hydrogen) atoms. The van der Waals surface area contributed by atoms with Gasteiger partial charge >= 0.3 is 103 Å². The van der Waals surface area contributed by atoms with E-state index in [-0.39, 0.29) is 121 Å². The molecule has 0 heterocycles. The molecule has 1 aliphatic rings. The van der Waals surface area contributed by atoms with Crippen LogP contribution < -0.4 is 113 Å². The van der Waals surface area contributed by atoms with Gasteiger partial charge in [0.15, 0.2) is 0 Å². The molecule has 2 rings (SSSR count). The summed E-state index contributed by atoms with van der Waals surface area (Å²) in [6.45, 7) is 1.28. The standard InChI is InChI=1S/C12H17O3P.2K/c1-16(14,15)8-12(9-5-6-9)10-3-2-4-11(13)7-10;;/h2-4,7,9,12-13H,5-6,8H2,1H3,(H,14,15);;/q;2*+1/p-2/t12-;;/m0../s1. The van der Waals surface area contributed by atoms with Crippen LogP contribution in [0.15, 0.2) is 24.3 Å². The molecule has 3 nitrogen and oxygen atoms in total. The first-order chi connectivity index (χ1) is 7.46.